The standard InChI is InChI=1S/C24H29N5O4S/c30-24(8-10-26-9-7-20-3-1-2-4-22(20)26)28-13-11-27(12-14-28)23-6-5-21(19-25-23)34(31,32)29-15-17-33-18-16-29/h1-7,9,19H,8,10-18H2. The van der Waals surface area contributed by atoms with Crippen LogP contribution in [0.25, 0.3) is 10.9 Å². The molecule has 2 aromatic heterocycles. The molecule has 1 amide bonds. The topological polar surface area (TPSA) is 88.0 Å². The fourth-order valence-corrected chi connectivity index (χ4v) is 5.90. The molecule has 0 aliphatic carbocycles. The zero-order chi connectivity index (χ0) is 23.5. The SMILES string of the molecule is O=C(CCn1ccc2ccccc21)N1CCN(c2ccc(S(=O)(=O)N3CCOCC3)cn2)CC1. The summed E-state index contributed by atoms with van der Waals surface area (Å²) < 4.78 is 34.4. The average Bonchev–Trinajstić information content (AvgIpc) is 3.31. The van der Waals surface area contributed by atoms with E-state index >= 15 is 0 Å². The Morgan fingerprint density at radius 1 is 0.941 bits per heavy atom. The number of anilines is 1. The van der Waals surface area contributed by atoms with Crippen LogP contribution in [0, 0.1) is 0 Å². The Hall–Kier alpha value is -2.95. The van der Waals surface area contributed by atoms with Gasteiger partial charge in [0.25, 0.3) is 0 Å². The monoisotopic (exact) mass is 483 g/mol. The van der Waals surface area contributed by atoms with E-state index in [0.717, 1.165) is 11.3 Å². The molecule has 1 aromatic carbocycles. The maximum absolute atomic E-state index is 12.8. The van der Waals surface area contributed by atoms with Gasteiger partial charge in [0, 0.05) is 70.1 Å². The Bertz CT molecular complexity index is 1240. The van der Waals surface area contributed by atoms with E-state index in [1.807, 2.05) is 23.2 Å². The van der Waals surface area contributed by atoms with Crippen LogP contribution in [-0.2, 0) is 26.1 Å². The third kappa shape index (κ3) is 4.66. The van der Waals surface area contributed by atoms with Gasteiger partial charge in [0.1, 0.15) is 10.7 Å². The maximum atomic E-state index is 12.8. The lowest BCUT2D eigenvalue weighted by Crippen LogP contribution is -2.49. The summed E-state index contributed by atoms with van der Waals surface area (Å²) in [6, 6.07) is 13.6. The summed E-state index contributed by atoms with van der Waals surface area (Å²) in [5, 5.41) is 1.18. The molecule has 34 heavy (non-hydrogen) atoms. The van der Waals surface area contributed by atoms with E-state index in [1.54, 1.807) is 12.1 Å². The van der Waals surface area contributed by atoms with Crippen molar-refractivity contribution in [2.75, 3.05) is 57.4 Å². The summed E-state index contributed by atoms with van der Waals surface area (Å²) in [7, 11) is -3.55. The number of rotatable bonds is 6. The number of benzene rings is 1. The van der Waals surface area contributed by atoms with Gasteiger partial charge in [0.05, 0.1) is 13.2 Å². The Balaban J connectivity index is 1.14. The van der Waals surface area contributed by atoms with E-state index in [9.17, 15) is 13.2 Å². The van der Waals surface area contributed by atoms with E-state index in [-0.39, 0.29) is 10.8 Å². The van der Waals surface area contributed by atoms with Gasteiger partial charge in [-0.05, 0) is 29.7 Å². The number of carbonyl (C=O) groups is 1. The molecule has 0 radical (unpaired) electrons. The number of nitrogens with zero attached hydrogens (tertiary/aromatic N) is 5. The minimum Gasteiger partial charge on any atom is -0.379 e. The highest BCUT2D eigenvalue weighted by atomic mass is 32.2. The maximum Gasteiger partial charge on any atom is 0.244 e. The molecule has 0 saturated carbocycles. The second kappa shape index (κ2) is 9.73. The number of ether oxygens (including phenoxy) is 1. The van der Waals surface area contributed by atoms with Gasteiger partial charge in [-0.3, -0.25) is 4.79 Å². The van der Waals surface area contributed by atoms with Gasteiger partial charge in [-0.1, -0.05) is 18.2 Å². The predicted octanol–water partition coefficient (Wildman–Crippen LogP) is 1.80. The molecule has 2 aliphatic rings. The Kier molecular flexibility index (Phi) is 6.53. The first kappa shape index (κ1) is 22.8. The first-order valence-corrected chi connectivity index (χ1v) is 13.1. The average molecular weight is 484 g/mol. The van der Waals surface area contributed by atoms with Crippen LogP contribution in [0.5, 0.6) is 0 Å². The molecule has 0 unspecified atom stereocenters. The van der Waals surface area contributed by atoms with Crippen LogP contribution >= 0.6 is 0 Å². The third-order valence-electron chi connectivity index (χ3n) is 6.53. The summed E-state index contributed by atoms with van der Waals surface area (Å²) in [5.74, 6) is 0.879. The highest BCUT2D eigenvalue weighted by molar-refractivity contribution is 7.89. The number of hydrogen-bond donors (Lipinski definition) is 0. The molecule has 5 rings (SSSR count). The highest BCUT2D eigenvalue weighted by Gasteiger charge is 2.27. The highest BCUT2D eigenvalue weighted by Crippen LogP contribution is 2.21. The summed E-state index contributed by atoms with van der Waals surface area (Å²) in [5.41, 5.74) is 1.14. The van der Waals surface area contributed by atoms with Gasteiger partial charge in [-0.15, -0.1) is 0 Å². The predicted molar refractivity (Wildman–Crippen MR) is 129 cm³/mol. The van der Waals surface area contributed by atoms with Crippen LogP contribution in [0.3, 0.4) is 0 Å². The molecule has 2 aliphatic heterocycles. The molecule has 2 saturated heterocycles. The molecule has 0 spiro atoms. The molecule has 9 nitrogen and oxygen atoms in total. The lowest BCUT2D eigenvalue weighted by Gasteiger charge is -2.35. The first-order chi connectivity index (χ1) is 16.5. The Labute approximate surface area is 199 Å². The van der Waals surface area contributed by atoms with E-state index in [2.05, 4.69) is 32.7 Å². The van der Waals surface area contributed by atoms with Gasteiger partial charge >= 0.3 is 0 Å². The van der Waals surface area contributed by atoms with E-state index < -0.39 is 10.0 Å². The largest absolute Gasteiger partial charge is 0.379 e. The number of amides is 1. The van der Waals surface area contributed by atoms with Crippen molar-refractivity contribution in [1.82, 2.24) is 18.8 Å². The van der Waals surface area contributed by atoms with Gasteiger partial charge in [-0.25, -0.2) is 13.4 Å². The van der Waals surface area contributed by atoms with Crippen molar-refractivity contribution in [3.8, 4) is 0 Å². The Morgan fingerprint density at radius 3 is 2.44 bits per heavy atom. The zero-order valence-corrected chi connectivity index (χ0v) is 19.9. The van der Waals surface area contributed by atoms with Crippen LogP contribution in [0.15, 0.2) is 59.8 Å². The molecule has 3 aromatic rings. The fourth-order valence-electron chi connectivity index (χ4n) is 4.54. The van der Waals surface area contributed by atoms with Gasteiger partial charge in [0.15, 0.2) is 0 Å². The number of aryl methyl sites for hydroxylation is 1. The molecular weight excluding hydrogens is 454 g/mol. The zero-order valence-electron chi connectivity index (χ0n) is 19.0. The van der Waals surface area contributed by atoms with Crippen molar-refractivity contribution in [3.05, 3.63) is 54.9 Å². The van der Waals surface area contributed by atoms with Crippen LogP contribution in [0.2, 0.25) is 0 Å². The quantitative estimate of drug-likeness (QED) is 0.531. The minimum absolute atomic E-state index is 0.150. The number of sulfonamides is 1. The number of piperazine rings is 1. The molecule has 0 atom stereocenters. The van der Waals surface area contributed by atoms with Crippen molar-refractivity contribution >= 4 is 32.7 Å². The second-order valence-corrected chi connectivity index (χ2v) is 10.5. The number of hydrogen-bond acceptors (Lipinski definition) is 6. The van der Waals surface area contributed by atoms with Crippen LogP contribution in [0.1, 0.15) is 6.42 Å². The molecule has 4 heterocycles. The number of para-hydroxylation sites is 1. The van der Waals surface area contributed by atoms with E-state index in [0.29, 0.717) is 65.4 Å². The van der Waals surface area contributed by atoms with E-state index in [1.165, 1.54) is 15.9 Å². The summed E-state index contributed by atoms with van der Waals surface area (Å²) in [6.45, 7) is 4.79. The minimum atomic E-state index is -3.55. The van der Waals surface area contributed by atoms with E-state index in [4.69, 9.17) is 4.74 Å². The number of fused-ring (bicyclic) bond motifs is 1. The number of aromatic nitrogens is 2. The van der Waals surface area contributed by atoms with Gasteiger partial charge in [-0.2, -0.15) is 4.31 Å². The number of pyridine rings is 1. The first-order valence-electron chi connectivity index (χ1n) is 11.6. The number of morpholine rings is 1. The van der Waals surface area contributed by atoms with Crippen molar-refractivity contribution in [2.45, 2.75) is 17.9 Å². The second-order valence-electron chi connectivity index (χ2n) is 8.55. The number of carbonyl (C=O) groups excluding carboxylic acids is 1. The molecule has 10 heteroatoms. The van der Waals surface area contributed by atoms with Crippen molar-refractivity contribution in [1.29, 1.82) is 0 Å². The van der Waals surface area contributed by atoms with Crippen molar-refractivity contribution < 1.29 is 17.9 Å². The molecular formula is C24H29N5O4S. The summed E-state index contributed by atoms with van der Waals surface area (Å²) >= 11 is 0. The fraction of sp³-hybridized carbons (Fsp3) is 0.417. The van der Waals surface area contributed by atoms with Crippen LogP contribution in [0.4, 0.5) is 5.82 Å². The van der Waals surface area contributed by atoms with Crippen LogP contribution in [-0.4, -0.2) is 85.6 Å². The normalized spacial score (nSPS) is 17.9. The summed E-state index contributed by atoms with van der Waals surface area (Å²) in [6.07, 6.45) is 3.93. The smallest absolute Gasteiger partial charge is 0.244 e. The third-order valence-corrected chi connectivity index (χ3v) is 8.41. The molecule has 180 valence electrons. The van der Waals surface area contributed by atoms with Crippen molar-refractivity contribution in [3.63, 3.8) is 0 Å². The lowest BCUT2D eigenvalue weighted by atomic mass is 10.2. The lowest BCUT2D eigenvalue weighted by molar-refractivity contribution is -0.131. The molecule has 2 fully saturated rings. The van der Waals surface area contributed by atoms with Gasteiger partial charge in [0.2, 0.25) is 15.9 Å². The van der Waals surface area contributed by atoms with Crippen LogP contribution < -0.4 is 4.90 Å². The Morgan fingerprint density at radius 2 is 1.71 bits per heavy atom. The van der Waals surface area contributed by atoms with Gasteiger partial charge < -0.3 is 19.1 Å². The molecule has 0 bridgehead atoms. The summed E-state index contributed by atoms with van der Waals surface area (Å²) in [4.78, 5) is 21.4. The molecule has 0 N–H and O–H groups in total. The van der Waals surface area contributed by atoms with Crippen molar-refractivity contribution in [2.24, 2.45) is 0 Å².